The van der Waals surface area contributed by atoms with Crippen molar-refractivity contribution in [3.63, 3.8) is 0 Å². The van der Waals surface area contributed by atoms with E-state index in [4.69, 9.17) is 15.2 Å². The fraction of sp³-hybridized carbons (Fsp3) is 0.538. The van der Waals surface area contributed by atoms with Crippen LogP contribution in [0.3, 0.4) is 0 Å². The van der Waals surface area contributed by atoms with Crippen molar-refractivity contribution in [3.05, 3.63) is 23.8 Å². The van der Waals surface area contributed by atoms with Gasteiger partial charge in [-0.2, -0.15) is 0 Å². The Morgan fingerprint density at radius 1 is 1.22 bits per heavy atom. The van der Waals surface area contributed by atoms with Crippen molar-refractivity contribution >= 4 is 0 Å². The highest BCUT2D eigenvalue weighted by Gasteiger charge is 2.57. The van der Waals surface area contributed by atoms with E-state index in [9.17, 15) is 8.78 Å². The van der Waals surface area contributed by atoms with Gasteiger partial charge < -0.3 is 15.2 Å². The molecule has 0 amide bonds. The molecule has 0 heterocycles. The zero-order chi connectivity index (χ0) is 13.4. The van der Waals surface area contributed by atoms with E-state index < -0.39 is 11.3 Å². The molecule has 0 aliphatic heterocycles. The van der Waals surface area contributed by atoms with Gasteiger partial charge in [0.25, 0.3) is 0 Å². The van der Waals surface area contributed by atoms with Crippen molar-refractivity contribution in [2.45, 2.75) is 24.2 Å². The van der Waals surface area contributed by atoms with Crippen molar-refractivity contribution < 1.29 is 18.3 Å². The molecule has 0 bridgehead atoms. The highest BCUT2D eigenvalue weighted by molar-refractivity contribution is 5.51. The van der Waals surface area contributed by atoms with Gasteiger partial charge in [-0.1, -0.05) is 12.1 Å². The fourth-order valence-electron chi connectivity index (χ4n) is 2.69. The summed E-state index contributed by atoms with van der Waals surface area (Å²) in [6, 6.07) is 5.29. The lowest BCUT2D eigenvalue weighted by Gasteiger charge is -2.47. The summed E-state index contributed by atoms with van der Waals surface area (Å²) in [4.78, 5) is 0. The van der Waals surface area contributed by atoms with E-state index in [2.05, 4.69) is 0 Å². The molecule has 5 heteroatoms. The van der Waals surface area contributed by atoms with Gasteiger partial charge in [0, 0.05) is 30.4 Å². The third-order valence-corrected chi connectivity index (χ3v) is 3.56. The first kappa shape index (κ1) is 13.1. The SMILES string of the molecule is COc1cccc(C2(CN)CC(F)(F)C2)c1OC. The normalized spacial score (nSPS) is 20.1. The van der Waals surface area contributed by atoms with Crippen LogP contribution < -0.4 is 15.2 Å². The molecule has 2 rings (SSSR count). The molecule has 1 aromatic rings. The van der Waals surface area contributed by atoms with E-state index in [1.165, 1.54) is 14.2 Å². The van der Waals surface area contributed by atoms with Crippen LogP contribution >= 0.6 is 0 Å². The average molecular weight is 257 g/mol. The highest BCUT2D eigenvalue weighted by Crippen LogP contribution is 2.55. The van der Waals surface area contributed by atoms with Crippen molar-refractivity contribution in [2.75, 3.05) is 20.8 Å². The lowest BCUT2D eigenvalue weighted by Crippen LogP contribution is -2.53. The van der Waals surface area contributed by atoms with Crippen LogP contribution in [0.4, 0.5) is 8.78 Å². The third kappa shape index (κ3) is 1.92. The molecule has 2 N–H and O–H groups in total. The van der Waals surface area contributed by atoms with Crippen LogP contribution in [0, 0.1) is 0 Å². The monoisotopic (exact) mass is 257 g/mol. The highest BCUT2D eigenvalue weighted by atomic mass is 19.3. The van der Waals surface area contributed by atoms with E-state index in [1.54, 1.807) is 18.2 Å². The van der Waals surface area contributed by atoms with E-state index in [-0.39, 0.29) is 19.4 Å². The van der Waals surface area contributed by atoms with Gasteiger partial charge in [0.1, 0.15) is 0 Å². The number of rotatable bonds is 4. The van der Waals surface area contributed by atoms with Crippen molar-refractivity contribution in [2.24, 2.45) is 5.73 Å². The molecular weight excluding hydrogens is 240 g/mol. The maximum Gasteiger partial charge on any atom is 0.250 e. The van der Waals surface area contributed by atoms with E-state index in [1.807, 2.05) is 0 Å². The maximum absolute atomic E-state index is 13.2. The Balaban J connectivity index is 2.44. The number of benzene rings is 1. The first-order valence-electron chi connectivity index (χ1n) is 5.77. The molecular formula is C13H17F2NO2. The largest absolute Gasteiger partial charge is 0.493 e. The lowest BCUT2D eigenvalue weighted by atomic mass is 9.62. The third-order valence-electron chi connectivity index (χ3n) is 3.56. The van der Waals surface area contributed by atoms with Crippen LogP contribution in [0.1, 0.15) is 18.4 Å². The molecule has 1 aliphatic carbocycles. The van der Waals surface area contributed by atoms with Crippen LogP contribution in [0.15, 0.2) is 18.2 Å². The summed E-state index contributed by atoms with van der Waals surface area (Å²) in [5, 5.41) is 0. The summed E-state index contributed by atoms with van der Waals surface area (Å²) in [7, 11) is 3.02. The fourth-order valence-corrected chi connectivity index (χ4v) is 2.69. The predicted molar refractivity (Wildman–Crippen MR) is 64.5 cm³/mol. The average Bonchev–Trinajstić information content (AvgIpc) is 2.34. The van der Waals surface area contributed by atoms with Crippen LogP contribution in [0.25, 0.3) is 0 Å². The summed E-state index contributed by atoms with van der Waals surface area (Å²) >= 11 is 0. The van der Waals surface area contributed by atoms with E-state index in [0.717, 1.165) is 0 Å². The van der Waals surface area contributed by atoms with Crippen LogP contribution in [-0.4, -0.2) is 26.7 Å². The van der Waals surface area contributed by atoms with Gasteiger partial charge >= 0.3 is 0 Å². The minimum Gasteiger partial charge on any atom is -0.493 e. The first-order chi connectivity index (χ1) is 8.48. The van der Waals surface area contributed by atoms with Crippen molar-refractivity contribution in [1.29, 1.82) is 0 Å². The molecule has 18 heavy (non-hydrogen) atoms. The minimum atomic E-state index is -2.63. The summed E-state index contributed by atoms with van der Waals surface area (Å²) in [5.74, 6) is -1.59. The second-order valence-electron chi connectivity index (χ2n) is 4.74. The standard InChI is InChI=1S/C13H17F2NO2/c1-17-10-5-3-4-9(11(10)18-2)12(8-16)6-13(14,15)7-12/h3-5H,6-8,16H2,1-2H3. The molecule has 0 radical (unpaired) electrons. The van der Waals surface area contributed by atoms with Crippen molar-refractivity contribution in [1.82, 2.24) is 0 Å². The maximum atomic E-state index is 13.2. The number of nitrogens with two attached hydrogens (primary N) is 1. The van der Waals surface area contributed by atoms with Gasteiger partial charge in [-0.3, -0.25) is 0 Å². The van der Waals surface area contributed by atoms with Gasteiger partial charge in [0.05, 0.1) is 14.2 Å². The molecule has 1 aromatic carbocycles. The molecule has 1 fully saturated rings. The quantitative estimate of drug-likeness (QED) is 0.900. The number of hydrogen-bond acceptors (Lipinski definition) is 3. The first-order valence-corrected chi connectivity index (χ1v) is 5.77. The van der Waals surface area contributed by atoms with Crippen LogP contribution in [0.5, 0.6) is 11.5 Å². The van der Waals surface area contributed by atoms with Crippen LogP contribution in [0.2, 0.25) is 0 Å². The molecule has 3 nitrogen and oxygen atoms in total. The van der Waals surface area contributed by atoms with Crippen molar-refractivity contribution in [3.8, 4) is 11.5 Å². The van der Waals surface area contributed by atoms with E-state index >= 15 is 0 Å². The summed E-state index contributed by atoms with van der Waals surface area (Å²) in [6.45, 7) is 0.173. The molecule has 100 valence electrons. The van der Waals surface area contributed by atoms with Gasteiger partial charge in [-0.25, -0.2) is 8.78 Å². The molecule has 0 unspecified atom stereocenters. The lowest BCUT2D eigenvalue weighted by molar-refractivity contribution is -0.124. The Labute approximate surface area is 105 Å². The Kier molecular flexibility index (Phi) is 3.19. The number of halogens is 2. The van der Waals surface area contributed by atoms with Crippen LogP contribution in [-0.2, 0) is 5.41 Å². The van der Waals surface area contributed by atoms with Gasteiger partial charge in [-0.15, -0.1) is 0 Å². The predicted octanol–water partition coefficient (Wildman–Crippen LogP) is 2.33. The number of hydrogen-bond donors (Lipinski definition) is 1. The minimum absolute atomic E-state index is 0.173. The molecule has 0 aromatic heterocycles. The Hall–Kier alpha value is -1.36. The molecule has 0 saturated heterocycles. The number of ether oxygens (including phenoxy) is 2. The molecule has 0 spiro atoms. The summed E-state index contributed by atoms with van der Waals surface area (Å²) in [6.07, 6.45) is -0.472. The Morgan fingerprint density at radius 3 is 2.33 bits per heavy atom. The molecule has 1 saturated carbocycles. The summed E-state index contributed by atoms with van der Waals surface area (Å²) < 4.78 is 36.9. The second-order valence-corrected chi connectivity index (χ2v) is 4.74. The van der Waals surface area contributed by atoms with Gasteiger partial charge in [-0.05, 0) is 6.07 Å². The number of methoxy groups -OCH3 is 2. The Bertz CT molecular complexity index is 441. The molecule has 0 atom stereocenters. The smallest absolute Gasteiger partial charge is 0.250 e. The zero-order valence-corrected chi connectivity index (χ0v) is 10.5. The molecule has 1 aliphatic rings. The van der Waals surface area contributed by atoms with E-state index in [0.29, 0.717) is 17.1 Å². The second kappa shape index (κ2) is 4.39. The van der Waals surface area contributed by atoms with Gasteiger partial charge in [0.15, 0.2) is 11.5 Å². The zero-order valence-electron chi connectivity index (χ0n) is 10.5. The topological polar surface area (TPSA) is 44.5 Å². The Morgan fingerprint density at radius 2 is 1.89 bits per heavy atom. The number of alkyl halides is 2. The number of para-hydroxylation sites is 1. The summed E-state index contributed by atoms with van der Waals surface area (Å²) in [5.41, 5.74) is 5.71. The van der Waals surface area contributed by atoms with Gasteiger partial charge in [0.2, 0.25) is 5.92 Å².